The maximum atomic E-state index is 11.6. The minimum absolute atomic E-state index is 0.248. The van der Waals surface area contributed by atoms with Gasteiger partial charge in [0.2, 0.25) is 0 Å². The van der Waals surface area contributed by atoms with Gasteiger partial charge in [-0.25, -0.2) is 8.78 Å². The Bertz CT molecular complexity index is 119. The van der Waals surface area contributed by atoms with Crippen LogP contribution in [0.4, 0.5) is 8.78 Å². The summed E-state index contributed by atoms with van der Waals surface area (Å²) in [5.74, 6) is 0. The molecule has 0 rings (SSSR count). The number of rotatable bonds is 4. The van der Waals surface area contributed by atoms with Gasteiger partial charge in [-0.05, 0) is 7.05 Å². The summed E-state index contributed by atoms with van der Waals surface area (Å²) in [6.45, 7) is 0.169. The fraction of sp³-hybridized carbons (Fsp3) is 0.833. The molecule has 0 aromatic heterocycles. The Labute approximate surface area is 59.0 Å². The fourth-order valence-electron chi connectivity index (χ4n) is 0.568. The van der Waals surface area contributed by atoms with E-state index in [1.54, 1.807) is 7.05 Å². The van der Waals surface area contributed by atoms with Crippen molar-refractivity contribution in [2.24, 2.45) is 0 Å². The molecule has 0 heterocycles. The summed E-state index contributed by atoms with van der Waals surface area (Å²) in [5.41, 5.74) is 0. The standard InChI is InChI=1S/C6H10F2N2/c1-10(4-2-3-9)5-6(7)8/h6H,2,4-5H2,1H3. The van der Waals surface area contributed by atoms with Gasteiger partial charge in [0.05, 0.1) is 12.6 Å². The normalized spacial score (nSPS) is 10.4. The Morgan fingerprint density at radius 2 is 2.20 bits per heavy atom. The van der Waals surface area contributed by atoms with Crippen LogP contribution in [0.3, 0.4) is 0 Å². The van der Waals surface area contributed by atoms with E-state index in [1.807, 2.05) is 6.07 Å². The Balaban J connectivity index is 3.27. The van der Waals surface area contributed by atoms with Crippen molar-refractivity contribution < 1.29 is 8.78 Å². The zero-order chi connectivity index (χ0) is 7.98. The molecule has 0 unspecified atom stereocenters. The molecule has 2 nitrogen and oxygen atoms in total. The van der Waals surface area contributed by atoms with Gasteiger partial charge < -0.3 is 0 Å². The number of nitriles is 1. The SMILES string of the molecule is CN(CCC#N)CC(F)F. The lowest BCUT2D eigenvalue weighted by molar-refractivity contribution is 0.101. The molecule has 0 aromatic carbocycles. The molecule has 0 aliphatic rings. The van der Waals surface area contributed by atoms with E-state index in [0.717, 1.165) is 0 Å². The van der Waals surface area contributed by atoms with Crippen LogP contribution >= 0.6 is 0 Å². The van der Waals surface area contributed by atoms with E-state index in [9.17, 15) is 8.78 Å². The maximum Gasteiger partial charge on any atom is 0.251 e. The van der Waals surface area contributed by atoms with E-state index in [-0.39, 0.29) is 6.54 Å². The van der Waals surface area contributed by atoms with Crippen LogP contribution in [-0.2, 0) is 0 Å². The second-order valence-electron chi connectivity index (χ2n) is 2.06. The van der Waals surface area contributed by atoms with Gasteiger partial charge in [-0.15, -0.1) is 0 Å². The first-order valence-corrected chi connectivity index (χ1v) is 3.00. The molecule has 4 heteroatoms. The molecule has 0 amide bonds. The average molecular weight is 148 g/mol. The summed E-state index contributed by atoms with van der Waals surface area (Å²) < 4.78 is 23.2. The van der Waals surface area contributed by atoms with Crippen molar-refractivity contribution >= 4 is 0 Å². The van der Waals surface area contributed by atoms with Gasteiger partial charge >= 0.3 is 0 Å². The Morgan fingerprint density at radius 1 is 1.60 bits per heavy atom. The monoisotopic (exact) mass is 148 g/mol. The fourth-order valence-corrected chi connectivity index (χ4v) is 0.568. The molecule has 0 N–H and O–H groups in total. The summed E-state index contributed by atoms with van der Waals surface area (Å²) in [4.78, 5) is 1.44. The van der Waals surface area contributed by atoms with Crippen LogP contribution in [0.2, 0.25) is 0 Å². The predicted octanol–water partition coefficient (Wildman–Crippen LogP) is 1.10. The second kappa shape index (κ2) is 5.12. The molecule has 0 saturated carbocycles. The molecular weight excluding hydrogens is 138 g/mol. The van der Waals surface area contributed by atoms with Crippen LogP contribution in [-0.4, -0.2) is 31.5 Å². The molecule has 0 spiro atoms. The average Bonchev–Trinajstić information content (AvgIpc) is 1.82. The Morgan fingerprint density at radius 3 is 2.60 bits per heavy atom. The number of nitrogens with zero attached hydrogens (tertiary/aromatic N) is 2. The van der Waals surface area contributed by atoms with Gasteiger partial charge in [0.25, 0.3) is 6.43 Å². The van der Waals surface area contributed by atoms with Crippen molar-refractivity contribution in [1.82, 2.24) is 4.90 Å². The van der Waals surface area contributed by atoms with Crippen LogP contribution in [0.15, 0.2) is 0 Å². The molecule has 10 heavy (non-hydrogen) atoms. The number of hydrogen-bond donors (Lipinski definition) is 0. The molecule has 0 aromatic rings. The molecule has 0 aliphatic heterocycles. The third-order valence-electron chi connectivity index (χ3n) is 1.06. The summed E-state index contributed by atoms with van der Waals surface area (Å²) in [6.07, 6.45) is -1.99. The molecule has 0 saturated heterocycles. The largest absolute Gasteiger partial charge is 0.300 e. The summed E-state index contributed by atoms with van der Waals surface area (Å²) in [5, 5.41) is 8.09. The molecular formula is C6H10F2N2. The first-order valence-electron chi connectivity index (χ1n) is 3.00. The van der Waals surface area contributed by atoms with Gasteiger partial charge in [0, 0.05) is 13.0 Å². The van der Waals surface area contributed by atoms with Crippen LogP contribution in [0, 0.1) is 11.3 Å². The summed E-state index contributed by atoms with van der Waals surface area (Å²) >= 11 is 0. The predicted molar refractivity (Wildman–Crippen MR) is 33.7 cm³/mol. The van der Waals surface area contributed by atoms with Crippen molar-refractivity contribution in [1.29, 1.82) is 5.26 Å². The van der Waals surface area contributed by atoms with E-state index in [1.165, 1.54) is 4.90 Å². The third-order valence-corrected chi connectivity index (χ3v) is 1.06. The van der Waals surface area contributed by atoms with Crippen LogP contribution < -0.4 is 0 Å². The Kier molecular flexibility index (Phi) is 4.77. The minimum Gasteiger partial charge on any atom is -0.300 e. The van der Waals surface area contributed by atoms with E-state index in [4.69, 9.17) is 5.26 Å². The van der Waals surface area contributed by atoms with E-state index in [2.05, 4.69) is 0 Å². The van der Waals surface area contributed by atoms with Crippen molar-refractivity contribution in [2.75, 3.05) is 20.1 Å². The highest BCUT2D eigenvalue weighted by Crippen LogP contribution is 1.95. The lowest BCUT2D eigenvalue weighted by atomic mass is 10.4. The van der Waals surface area contributed by atoms with Gasteiger partial charge in [-0.3, -0.25) is 4.90 Å². The van der Waals surface area contributed by atoms with Gasteiger partial charge in [0.1, 0.15) is 0 Å². The minimum atomic E-state index is -2.30. The van der Waals surface area contributed by atoms with Crippen molar-refractivity contribution in [2.45, 2.75) is 12.8 Å². The highest BCUT2D eigenvalue weighted by Gasteiger charge is 2.05. The second-order valence-corrected chi connectivity index (χ2v) is 2.06. The zero-order valence-corrected chi connectivity index (χ0v) is 5.85. The summed E-state index contributed by atoms with van der Waals surface area (Å²) in [6, 6.07) is 1.89. The van der Waals surface area contributed by atoms with Crippen molar-refractivity contribution in [3.05, 3.63) is 0 Å². The zero-order valence-electron chi connectivity index (χ0n) is 5.85. The highest BCUT2D eigenvalue weighted by atomic mass is 19.3. The molecule has 0 bridgehead atoms. The maximum absolute atomic E-state index is 11.6. The van der Waals surface area contributed by atoms with E-state index in [0.29, 0.717) is 13.0 Å². The molecule has 0 aliphatic carbocycles. The van der Waals surface area contributed by atoms with Crippen molar-refractivity contribution in [3.8, 4) is 6.07 Å². The van der Waals surface area contributed by atoms with Gasteiger partial charge in [-0.2, -0.15) is 5.26 Å². The quantitative estimate of drug-likeness (QED) is 0.596. The van der Waals surface area contributed by atoms with Crippen LogP contribution in [0.1, 0.15) is 6.42 Å². The van der Waals surface area contributed by atoms with E-state index >= 15 is 0 Å². The third kappa shape index (κ3) is 5.45. The molecule has 58 valence electrons. The molecule has 0 atom stereocenters. The topological polar surface area (TPSA) is 27.0 Å². The first kappa shape index (κ1) is 9.31. The molecule has 0 fully saturated rings. The van der Waals surface area contributed by atoms with E-state index < -0.39 is 6.43 Å². The lowest BCUT2D eigenvalue weighted by Gasteiger charge is -2.12. The summed E-state index contributed by atoms with van der Waals surface area (Å²) in [7, 11) is 1.57. The van der Waals surface area contributed by atoms with Gasteiger partial charge in [-0.1, -0.05) is 0 Å². The Hall–Kier alpha value is -0.690. The van der Waals surface area contributed by atoms with Crippen LogP contribution in [0.25, 0.3) is 0 Å². The lowest BCUT2D eigenvalue weighted by Crippen LogP contribution is -2.25. The van der Waals surface area contributed by atoms with Crippen LogP contribution in [0.5, 0.6) is 0 Å². The first-order chi connectivity index (χ1) is 4.66. The number of halogens is 2. The number of hydrogen-bond acceptors (Lipinski definition) is 2. The highest BCUT2D eigenvalue weighted by molar-refractivity contribution is 4.70. The number of alkyl halides is 2. The smallest absolute Gasteiger partial charge is 0.251 e. The van der Waals surface area contributed by atoms with Crippen molar-refractivity contribution in [3.63, 3.8) is 0 Å². The molecule has 0 radical (unpaired) electrons. The van der Waals surface area contributed by atoms with Gasteiger partial charge in [0.15, 0.2) is 0 Å².